The molecule has 0 rings (SSSR count). The number of allylic oxidation sites excluding steroid dienone is 22. The van der Waals surface area contributed by atoms with Crippen molar-refractivity contribution < 1.29 is 28.6 Å². The highest BCUT2D eigenvalue weighted by Gasteiger charge is 2.19. The van der Waals surface area contributed by atoms with Crippen LogP contribution in [0.25, 0.3) is 0 Å². The summed E-state index contributed by atoms with van der Waals surface area (Å²) in [6, 6.07) is 0. The second-order valence-electron chi connectivity index (χ2n) is 19.1. The Balaban J connectivity index is 4.57. The summed E-state index contributed by atoms with van der Waals surface area (Å²) in [6.45, 7) is 6.31. The number of unbranched alkanes of at least 4 members (excludes halogenated alkanes) is 19. The molecular weight excluding hydrogens is 901 g/mol. The molecule has 0 bridgehead atoms. The van der Waals surface area contributed by atoms with Crippen LogP contribution in [-0.4, -0.2) is 37.2 Å². The third-order valence-corrected chi connectivity index (χ3v) is 12.2. The van der Waals surface area contributed by atoms with E-state index in [1.807, 2.05) is 12.2 Å². The zero-order valence-electron chi connectivity index (χ0n) is 47.1. The Hall–Kier alpha value is -4.45. The van der Waals surface area contributed by atoms with Crippen molar-refractivity contribution in [2.75, 3.05) is 13.2 Å². The lowest BCUT2D eigenvalue weighted by atomic mass is 10.0. The van der Waals surface area contributed by atoms with Crippen LogP contribution < -0.4 is 0 Å². The fourth-order valence-electron chi connectivity index (χ4n) is 7.80. The van der Waals surface area contributed by atoms with Gasteiger partial charge in [0.25, 0.3) is 0 Å². The molecule has 0 N–H and O–H groups in total. The maximum Gasteiger partial charge on any atom is 0.306 e. The molecule has 73 heavy (non-hydrogen) atoms. The standard InChI is InChI=1S/C67H108O6/c1-4-7-10-13-16-19-22-25-28-31-33-36-39-42-45-48-51-54-57-60-66(69)72-63-64(62-71-65(68)59-56-53-50-47-44-41-38-35-30-27-24-21-18-15-12-9-6-3)73-67(70)61-58-55-52-49-46-43-40-37-34-32-29-26-23-20-17-14-11-8-5-2/h7,9-10,12,16,18-19,21,25,27-28,30,33,36,38,41-42,45,47,50-51,54,64H,4-6,8,11,13-15,17,20,22-24,26,29,31-32,34-35,37,39-40,43-44,46,48-49,52-53,55-63H2,1-3H3/b10-7-,12-9-,19-16-,21-18-,28-25-,30-27-,36-33-,41-38-,45-42-,50-47-,54-51-/t64-/m0/s1. The Morgan fingerprint density at radius 2 is 0.562 bits per heavy atom. The molecule has 0 aromatic carbocycles. The second kappa shape index (κ2) is 60.1. The predicted molar refractivity (Wildman–Crippen MR) is 316 cm³/mol. The fourth-order valence-corrected chi connectivity index (χ4v) is 7.80. The molecule has 0 aliphatic heterocycles. The van der Waals surface area contributed by atoms with E-state index in [0.29, 0.717) is 19.3 Å². The Kier molecular flexibility index (Phi) is 56.4. The topological polar surface area (TPSA) is 78.9 Å². The molecule has 0 aromatic rings. The minimum atomic E-state index is -0.836. The predicted octanol–water partition coefficient (Wildman–Crippen LogP) is 20.2. The summed E-state index contributed by atoms with van der Waals surface area (Å²) in [5.74, 6) is -1.07. The Labute approximate surface area is 449 Å². The van der Waals surface area contributed by atoms with Crippen LogP contribution in [-0.2, 0) is 28.6 Å². The summed E-state index contributed by atoms with van der Waals surface area (Å²) in [5, 5.41) is 0. The van der Waals surface area contributed by atoms with Crippen LogP contribution in [0.15, 0.2) is 134 Å². The molecule has 0 heterocycles. The van der Waals surface area contributed by atoms with E-state index in [1.54, 1.807) is 0 Å². The first-order valence-electron chi connectivity index (χ1n) is 29.7. The van der Waals surface area contributed by atoms with Crippen molar-refractivity contribution in [3.8, 4) is 0 Å². The van der Waals surface area contributed by atoms with Crippen molar-refractivity contribution >= 4 is 17.9 Å². The number of hydrogen-bond acceptors (Lipinski definition) is 6. The Morgan fingerprint density at radius 1 is 0.288 bits per heavy atom. The molecule has 0 aromatic heterocycles. The van der Waals surface area contributed by atoms with Crippen molar-refractivity contribution in [2.24, 2.45) is 0 Å². The highest BCUT2D eigenvalue weighted by molar-refractivity contribution is 5.71. The molecule has 0 saturated carbocycles. The summed E-state index contributed by atoms with van der Waals surface area (Å²) in [7, 11) is 0. The van der Waals surface area contributed by atoms with Gasteiger partial charge in [-0.3, -0.25) is 14.4 Å². The highest BCUT2D eigenvalue weighted by atomic mass is 16.6. The molecular formula is C67H108O6. The molecule has 0 unspecified atom stereocenters. The molecule has 0 fully saturated rings. The monoisotopic (exact) mass is 1010 g/mol. The van der Waals surface area contributed by atoms with Gasteiger partial charge in [0.1, 0.15) is 13.2 Å². The largest absolute Gasteiger partial charge is 0.462 e. The van der Waals surface area contributed by atoms with E-state index in [-0.39, 0.29) is 44.0 Å². The number of carbonyl (C=O) groups is 3. The van der Waals surface area contributed by atoms with Crippen LogP contribution in [0.5, 0.6) is 0 Å². The summed E-state index contributed by atoms with van der Waals surface area (Å²) in [6.07, 6.45) is 84.7. The van der Waals surface area contributed by atoms with Gasteiger partial charge in [-0.25, -0.2) is 0 Å². The first kappa shape index (κ1) is 68.6. The Morgan fingerprint density at radius 3 is 0.904 bits per heavy atom. The smallest absolute Gasteiger partial charge is 0.306 e. The maximum atomic E-state index is 12.9. The first-order chi connectivity index (χ1) is 36.0. The average Bonchev–Trinajstić information content (AvgIpc) is 3.39. The van der Waals surface area contributed by atoms with Crippen molar-refractivity contribution in [1.29, 1.82) is 0 Å². The first-order valence-corrected chi connectivity index (χ1v) is 29.7. The summed E-state index contributed by atoms with van der Waals surface area (Å²) in [4.78, 5) is 38.2. The van der Waals surface area contributed by atoms with Gasteiger partial charge < -0.3 is 14.2 Å². The number of ether oxygens (including phenoxy) is 3. The molecule has 6 heteroatoms. The van der Waals surface area contributed by atoms with Crippen LogP contribution in [0.1, 0.15) is 252 Å². The number of esters is 3. The van der Waals surface area contributed by atoms with E-state index >= 15 is 0 Å². The third kappa shape index (κ3) is 58.3. The lowest BCUT2D eigenvalue weighted by molar-refractivity contribution is -0.166. The molecule has 0 saturated heterocycles. The summed E-state index contributed by atoms with van der Waals surface area (Å²) >= 11 is 0. The van der Waals surface area contributed by atoms with Gasteiger partial charge in [-0.15, -0.1) is 0 Å². The minimum absolute atomic E-state index is 0.133. The highest BCUT2D eigenvalue weighted by Crippen LogP contribution is 2.16. The van der Waals surface area contributed by atoms with Gasteiger partial charge in [-0.05, 0) is 96.3 Å². The lowest BCUT2D eigenvalue weighted by Gasteiger charge is -2.18. The van der Waals surface area contributed by atoms with E-state index in [4.69, 9.17) is 14.2 Å². The minimum Gasteiger partial charge on any atom is -0.462 e. The van der Waals surface area contributed by atoms with E-state index in [1.165, 1.54) is 103 Å². The van der Waals surface area contributed by atoms with E-state index < -0.39 is 6.10 Å². The molecule has 0 spiro atoms. The van der Waals surface area contributed by atoms with Crippen LogP contribution in [0.4, 0.5) is 0 Å². The van der Waals surface area contributed by atoms with E-state index in [9.17, 15) is 14.4 Å². The molecule has 6 nitrogen and oxygen atoms in total. The average molecular weight is 1010 g/mol. The second-order valence-corrected chi connectivity index (χ2v) is 19.1. The zero-order chi connectivity index (χ0) is 52.9. The van der Waals surface area contributed by atoms with Gasteiger partial charge in [-0.1, -0.05) is 270 Å². The van der Waals surface area contributed by atoms with Crippen LogP contribution in [0.2, 0.25) is 0 Å². The van der Waals surface area contributed by atoms with Gasteiger partial charge in [0, 0.05) is 19.3 Å². The van der Waals surface area contributed by atoms with Crippen molar-refractivity contribution in [1.82, 2.24) is 0 Å². The normalized spacial score (nSPS) is 13.1. The fraction of sp³-hybridized carbons (Fsp3) is 0.627. The van der Waals surface area contributed by atoms with Gasteiger partial charge >= 0.3 is 17.9 Å². The molecule has 0 amide bonds. The molecule has 0 radical (unpaired) electrons. The number of hydrogen-bond donors (Lipinski definition) is 0. The summed E-state index contributed by atoms with van der Waals surface area (Å²) < 4.78 is 16.8. The van der Waals surface area contributed by atoms with Gasteiger partial charge in [0.05, 0.1) is 0 Å². The van der Waals surface area contributed by atoms with Crippen molar-refractivity contribution in [3.63, 3.8) is 0 Å². The van der Waals surface area contributed by atoms with E-state index in [2.05, 4.69) is 142 Å². The number of carbonyl (C=O) groups excluding carboxylic acids is 3. The number of rotatable bonds is 52. The molecule has 1 atom stereocenters. The van der Waals surface area contributed by atoms with Crippen molar-refractivity contribution in [3.05, 3.63) is 134 Å². The van der Waals surface area contributed by atoms with Gasteiger partial charge in [-0.2, -0.15) is 0 Å². The Bertz CT molecular complexity index is 1580. The van der Waals surface area contributed by atoms with Crippen LogP contribution in [0, 0.1) is 0 Å². The summed E-state index contributed by atoms with van der Waals surface area (Å²) in [5.41, 5.74) is 0. The molecule has 0 aliphatic carbocycles. The molecule has 412 valence electrons. The molecule has 0 aliphatic rings. The van der Waals surface area contributed by atoms with Crippen LogP contribution >= 0.6 is 0 Å². The third-order valence-electron chi connectivity index (χ3n) is 12.2. The lowest BCUT2D eigenvalue weighted by Crippen LogP contribution is -2.30. The maximum absolute atomic E-state index is 12.9. The van der Waals surface area contributed by atoms with Crippen LogP contribution in [0.3, 0.4) is 0 Å². The SMILES string of the molecule is CC/C=C\C/C=C\C/C=C\C/C=C\C/C=C\C/C=C\CCC(=O)OC[C@H](COC(=O)CCC/C=C\C/C=C\C/C=C\C/C=C\C/C=C\CC)OC(=O)CCCCCCCCCCCCCCCCCCCCC. The quantitative estimate of drug-likeness (QED) is 0.0261. The van der Waals surface area contributed by atoms with Gasteiger partial charge in [0.2, 0.25) is 0 Å². The zero-order valence-corrected chi connectivity index (χ0v) is 47.1. The van der Waals surface area contributed by atoms with Crippen molar-refractivity contribution in [2.45, 2.75) is 258 Å². The van der Waals surface area contributed by atoms with Gasteiger partial charge in [0.15, 0.2) is 6.10 Å². The van der Waals surface area contributed by atoms with E-state index in [0.717, 1.165) is 96.3 Å².